The normalized spacial score (nSPS) is 10.7. The molecule has 1 N–H and O–H groups in total. The molecule has 0 radical (unpaired) electrons. The fourth-order valence-corrected chi connectivity index (χ4v) is 1.10. The van der Waals surface area contributed by atoms with Crippen LogP contribution >= 0.6 is 0 Å². The van der Waals surface area contributed by atoms with Gasteiger partial charge in [0.05, 0.1) is 0 Å². The Bertz CT molecular complexity index is 353. The van der Waals surface area contributed by atoms with E-state index in [0.717, 1.165) is 5.82 Å². The summed E-state index contributed by atoms with van der Waals surface area (Å²) in [6, 6.07) is 1.75. The van der Waals surface area contributed by atoms with E-state index in [0.29, 0.717) is 24.9 Å². The zero-order chi connectivity index (χ0) is 11.8. The summed E-state index contributed by atoms with van der Waals surface area (Å²) in [5.74, 6) is 1.87. The maximum atomic E-state index is 5.44. The summed E-state index contributed by atoms with van der Waals surface area (Å²) in [7, 11) is 3.41. The van der Waals surface area contributed by atoms with E-state index in [-0.39, 0.29) is 0 Å². The van der Waals surface area contributed by atoms with Crippen molar-refractivity contribution in [1.82, 2.24) is 9.97 Å². The van der Waals surface area contributed by atoms with Crippen LogP contribution in [0.1, 0.15) is 12.7 Å². The lowest BCUT2D eigenvalue weighted by Gasteiger charge is -2.07. The van der Waals surface area contributed by atoms with E-state index in [2.05, 4.69) is 15.3 Å². The Morgan fingerprint density at radius 3 is 2.88 bits per heavy atom. The molecule has 0 fully saturated rings. The molecule has 0 aliphatic carbocycles. The average molecular weight is 223 g/mol. The molecule has 1 aromatic heterocycles. The summed E-state index contributed by atoms with van der Waals surface area (Å²) in [6.45, 7) is 2.82. The van der Waals surface area contributed by atoms with Gasteiger partial charge in [0.15, 0.2) is 5.82 Å². The second-order valence-corrected chi connectivity index (χ2v) is 3.07. The number of allylic oxidation sites excluding steroid dienone is 1. The smallest absolute Gasteiger partial charge is 0.219 e. The van der Waals surface area contributed by atoms with Crippen molar-refractivity contribution in [2.24, 2.45) is 0 Å². The van der Waals surface area contributed by atoms with Gasteiger partial charge in [-0.15, -0.1) is 0 Å². The molecule has 0 saturated heterocycles. The third kappa shape index (κ3) is 3.86. The highest BCUT2D eigenvalue weighted by Gasteiger charge is 2.03. The van der Waals surface area contributed by atoms with E-state index >= 15 is 0 Å². The number of hydrogen-bond acceptors (Lipinski definition) is 5. The maximum absolute atomic E-state index is 5.44. The quantitative estimate of drug-likeness (QED) is 0.743. The minimum Gasteiger partial charge on any atom is -0.473 e. The van der Waals surface area contributed by atoms with E-state index in [4.69, 9.17) is 9.47 Å². The summed E-state index contributed by atoms with van der Waals surface area (Å²) in [5, 5.41) is 2.95. The Morgan fingerprint density at radius 2 is 2.25 bits per heavy atom. The molecule has 0 bridgehead atoms. The first-order valence-corrected chi connectivity index (χ1v) is 5.08. The first-order chi connectivity index (χ1) is 7.80. The molecule has 0 aliphatic heterocycles. The van der Waals surface area contributed by atoms with Crippen LogP contribution in [0.25, 0.3) is 0 Å². The number of aromatic nitrogens is 2. The van der Waals surface area contributed by atoms with Gasteiger partial charge in [0.2, 0.25) is 5.88 Å². The van der Waals surface area contributed by atoms with Crippen LogP contribution in [0.3, 0.4) is 0 Å². The zero-order valence-corrected chi connectivity index (χ0v) is 9.86. The van der Waals surface area contributed by atoms with E-state index in [1.54, 1.807) is 20.2 Å². The van der Waals surface area contributed by atoms with Crippen molar-refractivity contribution < 1.29 is 9.47 Å². The molecule has 0 aromatic carbocycles. The summed E-state index contributed by atoms with van der Waals surface area (Å²) in [6.07, 6.45) is 3.84. The van der Waals surface area contributed by atoms with Gasteiger partial charge in [-0.05, 0) is 6.92 Å². The topological polar surface area (TPSA) is 56.3 Å². The Labute approximate surface area is 95.5 Å². The Hall–Kier alpha value is -1.62. The van der Waals surface area contributed by atoms with Gasteiger partial charge in [-0.25, -0.2) is 4.98 Å². The Kier molecular flexibility index (Phi) is 5.28. The summed E-state index contributed by atoms with van der Waals surface area (Å²) in [4.78, 5) is 8.44. The number of hydrogen-bond donors (Lipinski definition) is 1. The van der Waals surface area contributed by atoms with Crippen molar-refractivity contribution >= 4 is 5.82 Å². The van der Waals surface area contributed by atoms with E-state index in [1.165, 1.54) is 0 Å². The molecular formula is C11H17N3O2. The molecule has 0 unspecified atom stereocenters. The summed E-state index contributed by atoms with van der Waals surface area (Å²) in [5.41, 5.74) is 0. The predicted molar refractivity (Wildman–Crippen MR) is 62.6 cm³/mol. The van der Waals surface area contributed by atoms with Crippen molar-refractivity contribution in [1.29, 1.82) is 0 Å². The number of methoxy groups -OCH3 is 1. The lowest BCUT2D eigenvalue weighted by atomic mass is 10.5. The standard InChI is InChI=1S/C11H17N3O2/c1-4-5-6-16-11-7-9(12-2)13-10(14-11)8-15-3/h4-5,7H,6,8H2,1-3H3,(H,12,13,14)/b5-4+. The fraction of sp³-hybridized carbons (Fsp3) is 0.455. The van der Waals surface area contributed by atoms with Crippen LogP contribution in [0.4, 0.5) is 5.82 Å². The van der Waals surface area contributed by atoms with Crippen LogP contribution in [0, 0.1) is 0 Å². The van der Waals surface area contributed by atoms with E-state index in [1.807, 2.05) is 19.1 Å². The Morgan fingerprint density at radius 1 is 1.44 bits per heavy atom. The third-order valence-corrected chi connectivity index (χ3v) is 1.84. The largest absolute Gasteiger partial charge is 0.473 e. The van der Waals surface area contributed by atoms with Gasteiger partial charge in [-0.1, -0.05) is 12.2 Å². The number of nitrogens with zero attached hydrogens (tertiary/aromatic N) is 2. The summed E-state index contributed by atoms with van der Waals surface area (Å²) >= 11 is 0. The van der Waals surface area contributed by atoms with Crippen molar-refractivity contribution in [2.45, 2.75) is 13.5 Å². The van der Waals surface area contributed by atoms with Gasteiger partial charge in [-0.2, -0.15) is 4.98 Å². The average Bonchev–Trinajstić information content (AvgIpc) is 2.29. The van der Waals surface area contributed by atoms with Crippen molar-refractivity contribution in [3.05, 3.63) is 24.0 Å². The molecule has 5 nitrogen and oxygen atoms in total. The summed E-state index contributed by atoms with van der Waals surface area (Å²) < 4.78 is 10.4. The van der Waals surface area contributed by atoms with Gasteiger partial charge in [0.25, 0.3) is 0 Å². The molecule has 0 spiro atoms. The molecule has 0 atom stereocenters. The van der Waals surface area contributed by atoms with Crippen molar-refractivity contribution in [3.63, 3.8) is 0 Å². The van der Waals surface area contributed by atoms with Gasteiger partial charge < -0.3 is 14.8 Å². The molecule has 16 heavy (non-hydrogen) atoms. The lowest BCUT2D eigenvalue weighted by Crippen LogP contribution is -2.04. The minimum atomic E-state index is 0.371. The van der Waals surface area contributed by atoms with Crippen LogP contribution in [0.2, 0.25) is 0 Å². The SMILES string of the molecule is C/C=C/COc1cc(NC)nc(COC)n1. The van der Waals surface area contributed by atoms with Crippen LogP contribution < -0.4 is 10.1 Å². The number of anilines is 1. The van der Waals surface area contributed by atoms with Gasteiger partial charge in [0.1, 0.15) is 19.0 Å². The highest BCUT2D eigenvalue weighted by molar-refractivity contribution is 5.37. The van der Waals surface area contributed by atoms with Gasteiger partial charge >= 0.3 is 0 Å². The molecule has 1 aromatic rings. The molecule has 0 aliphatic rings. The minimum absolute atomic E-state index is 0.371. The molecule has 1 heterocycles. The monoisotopic (exact) mass is 223 g/mol. The first-order valence-electron chi connectivity index (χ1n) is 5.08. The third-order valence-electron chi connectivity index (χ3n) is 1.84. The highest BCUT2D eigenvalue weighted by atomic mass is 16.5. The number of rotatable bonds is 6. The zero-order valence-electron chi connectivity index (χ0n) is 9.86. The molecular weight excluding hydrogens is 206 g/mol. The van der Waals surface area contributed by atoms with Crippen LogP contribution in [0.15, 0.2) is 18.2 Å². The van der Waals surface area contributed by atoms with Crippen LogP contribution in [0.5, 0.6) is 5.88 Å². The molecule has 0 saturated carbocycles. The molecule has 1 rings (SSSR count). The van der Waals surface area contributed by atoms with E-state index < -0.39 is 0 Å². The fourth-order valence-electron chi connectivity index (χ4n) is 1.10. The highest BCUT2D eigenvalue weighted by Crippen LogP contribution is 2.13. The molecule has 5 heteroatoms. The lowest BCUT2D eigenvalue weighted by molar-refractivity contribution is 0.176. The van der Waals surface area contributed by atoms with Gasteiger partial charge in [-0.3, -0.25) is 0 Å². The van der Waals surface area contributed by atoms with Gasteiger partial charge in [0, 0.05) is 20.2 Å². The maximum Gasteiger partial charge on any atom is 0.219 e. The number of ether oxygens (including phenoxy) is 2. The Balaban J connectivity index is 2.77. The van der Waals surface area contributed by atoms with Crippen molar-refractivity contribution in [3.8, 4) is 5.88 Å². The second-order valence-electron chi connectivity index (χ2n) is 3.07. The molecule has 0 amide bonds. The van der Waals surface area contributed by atoms with Crippen LogP contribution in [-0.4, -0.2) is 30.7 Å². The van der Waals surface area contributed by atoms with E-state index in [9.17, 15) is 0 Å². The number of nitrogens with one attached hydrogen (secondary N) is 1. The van der Waals surface area contributed by atoms with Crippen molar-refractivity contribution in [2.75, 3.05) is 26.1 Å². The second kappa shape index (κ2) is 6.79. The predicted octanol–water partition coefficient (Wildman–Crippen LogP) is 1.62. The first kappa shape index (κ1) is 12.4. The molecule has 88 valence electrons. The van der Waals surface area contributed by atoms with Crippen LogP contribution in [-0.2, 0) is 11.3 Å².